The fourth-order valence-corrected chi connectivity index (χ4v) is 6.59. The number of aromatic nitrogens is 2. The van der Waals surface area contributed by atoms with Crippen LogP contribution in [0.25, 0.3) is 11.1 Å². The Balaban J connectivity index is 1.56. The highest BCUT2D eigenvalue weighted by molar-refractivity contribution is 7.99. The third-order valence-corrected chi connectivity index (χ3v) is 8.59. The Morgan fingerprint density at radius 1 is 1.25 bits per heavy atom. The zero-order chi connectivity index (χ0) is 28.4. The van der Waals surface area contributed by atoms with E-state index in [-0.39, 0.29) is 30.4 Å². The molecule has 1 unspecified atom stereocenters. The van der Waals surface area contributed by atoms with E-state index < -0.39 is 11.7 Å². The molecule has 0 saturated carbocycles. The molecule has 0 fully saturated rings. The van der Waals surface area contributed by atoms with Crippen LogP contribution in [0.1, 0.15) is 22.9 Å². The lowest BCUT2D eigenvalue weighted by Crippen LogP contribution is -2.35. The van der Waals surface area contributed by atoms with Gasteiger partial charge in [0.2, 0.25) is 6.79 Å². The minimum absolute atomic E-state index is 0.0541. The SMILES string of the molecule is C=C/C(F)=C(/Cc1c(C)c(-c2ccc3c(c2)OCO3)c(=O)n2c1SCC2CN(C)CCc1ccccn1)C(=C)F. The first-order valence-corrected chi connectivity index (χ1v) is 14.0. The van der Waals surface area contributed by atoms with Crippen LogP contribution in [0.5, 0.6) is 11.5 Å². The second-order valence-corrected chi connectivity index (χ2v) is 10.9. The number of fused-ring (bicyclic) bond motifs is 2. The van der Waals surface area contributed by atoms with E-state index >= 15 is 0 Å². The summed E-state index contributed by atoms with van der Waals surface area (Å²) in [7, 11) is 2.03. The first kappa shape index (κ1) is 27.9. The Bertz CT molecular complexity index is 1550. The molecule has 4 heterocycles. The van der Waals surface area contributed by atoms with E-state index in [0.29, 0.717) is 46.1 Å². The van der Waals surface area contributed by atoms with E-state index in [1.165, 1.54) is 0 Å². The molecule has 1 atom stereocenters. The maximum absolute atomic E-state index is 14.7. The lowest BCUT2D eigenvalue weighted by atomic mass is 9.93. The average Bonchev–Trinajstić information content (AvgIpc) is 3.59. The van der Waals surface area contributed by atoms with Gasteiger partial charge in [0.1, 0.15) is 11.7 Å². The predicted molar refractivity (Wildman–Crippen MR) is 154 cm³/mol. The molecule has 0 spiro atoms. The van der Waals surface area contributed by atoms with Crippen LogP contribution in [0, 0.1) is 6.92 Å². The summed E-state index contributed by atoms with van der Waals surface area (Å²) in [6, 6.07) is 11.1. The van der Waals surface area contributed by atoms with E-state index in [0.717, 1.165) is 29.8 Å². The molecule has 0 bridgehead atoms. The van der Waals surface area contributed by atoms with Gasteiger partial charge in [0.15, 0.2) is 11.5 Å². The lowest BCUT2D eigenvalue weighted by Gasteiger charge is -2.24. The minimum Gasteiger partial charge on any atom is -0.454 e. The predicted octanol–water partition coefficient (Wildman–Crippen LogP) is 6.20. The molecular formula is C31H31F2N3O3S. The van der Waals surface area contributed by atoms with Gasteiger partial charge in [-0.1, -0.05) is 25.3 Å². The number of allylic oxidation sites excluding steroid dienone is 4. The van der Waals surface area contributed by atoms with Crippen molar-refractivity contribution in [3.05, 3.63) is 106 Å². The Morgan fingerprint density at radius 2 is 2.05 bits per heavy atom. The molecule has 2 aliphatic rings. The number of likely N-dealkylation sites (N-methyl/N-ethyl adjacent to an activating group) is 1. The molecule has 9 heteroatoms. The molecule has 0 amide bonds. The molecule has 0 N–H and O–H groups in total. The molecule has 0 aliphatic carbocycles. The first-order valence-electron chi connectivity index (χ1n) is 13.0. The number of halogens is 2. The molecule has 2 aliphatic heterocycles. The standard InChI is InChI=1S/C31H31F2N3O3S/c1-5-26(33)25(20(3)32)15-24-19(2)29(21-9-10-27-28(14-21)39-18-38-27)30(37)36-23(17-40-31(24)36)16-35(4)13-11-22-8-6-7-12-34-22/h5-10,12,14,23H,1,3,11,13,15-18H2,2,4H3/b26-25+. The van der Waals surface area contributed by atoms with E-state index in [4.69, 9.17) is 9.47 Å². The Kier molecular flexibility index (Phi) is 8.23. The highest BCUT2D eigenvalue weighted by Gasteiger charge is 2.32. The van der Waals surface area contributed by atoms with Crippen molar-refractivity contribution in [2.75, 3.05) is 32.7 Å². The third kappa shape index (κ3) is 5.48. The number of rotatable bonds is 10. The Morgan fingerprint density at radius 3 is 2.77 bits per heavy atom. The van der Waals surface area contributed by atoms with E-state index in [1.54, 1.807) is 34.7 Å². The van der Waals surface area contributed by atoms with Gasteiger partial charge in [0, 0.05) is 49.1 Å². The van der Waals surface area contributed by atoms with Crippen LogP contribution in [-0.2, 0) is 12.8 Å². The van der Waals surface area contributed by atoms with Crippen LogP contribution in [0.15, 0.2) is 88.9 Å². The van der Waals surface area contributed by atoms with Crippen molar-refractivity contribution >= 4 is 11.8 Å². The number of hydrogen-bond donors (Lipinski definition) is 0. The van der Waals surface area contributed by atoms with Crippen molar-refractivity contribution in [1.82, 2.24) is 14.5 Å². The van der Waals surface area contributed by atoms with Gasteiger partial charge in [-0.3, -0.25) is 14.3 Å². The molecule has 1 aromatic carbocycles. The molecular weight excluding hydrogens is 532 g/mol. The summed E-state index contributed by atoms with van der Waals surface area (Å²) in [5.41, 5.74) is 3.19. The Hall–Kier alpha value is -3.69. The summed E-state index contributed by atoms with van der Waals surface area (Å²) in [6.45, 7) is 10.2. The van der Waals surface area contributed by atoms with Gasteiger partial charge in [-0.25, -0.2) is 8.78 Å². The van der Waals surface area contributed by atoms with Crippen LogP contribution >= 0.6 is 11.8 Å². The number of thioether (sulfide) groups is 1. The van der Waals surface area contributed by atoms with E-state index in [2.05, 4.69) is 23.0 Å². The van der Waals surface area contributed by atoms with E-state index in [9.17, 15) is 13.6 Å². The molecule has 0 saturated heterocycles. The van der Waals surface area contributed by atoms with Crippen molar-refractivity contribution in [3.8, 4) is 22.6 Å². The topological polar surface area (TPSA) is 56.6 Å². The summed E-state index contributed by atoms with van der Waals surface area (Å²) in [5, 5.41) is 0.728. The number of benzene rings is 1. The van der Waals surface area contributed by atoms with Crippen LogP contribution in [0.2, 0.25) is 0 Å². The van der Waals surface area contributed by atoms with Gasteiger partial charge in [-0.2, -0.15) is 0 Å². The van der Waals surface area contributed by atoms with Crippen LogP contribution in [-0.4, -0.2) is 47.1 Å². The lowest BCUT2D eigenvalue weighted by molar-refractivity contribution is 0.174. The second-order valence-electron chi connectivity index (χ2n) is 9.94. The second kappa shape index (κ2) is 11.8. The largest absolute Gasteiger partial charge is 0.454 e. The summed E-state index contributed by atoms with van der Waals surface area (Å²) < 4.78 is 41.9. The van der Waals surface area contributed by atoms with Gasteiger partial charge in [0.05, 0.1) is 16.6 Å². The van der Waals surface area contributed by atoms with Gasteiger partial charge >= 0.3 is 0 Å². The van der Waals surface area contributed by atoms with Gasteiger partial charge in [-0.05, 0) is 61.0 Å². The van der Waals surface area contributed by atoms with Crippen molar-refractivity contribution in [2.24, 2.45) is 0 Å². The molecule has 2 aromatic heterocycles. The smallest absolute Gasteiger partial charge is 0.259 e. The number of hydrogen-bond acceptors (Lipinski definition) is 6. The number of ether oxygens (including phenoxy) is 2. The molecule has 40 heavy (non-hydrogen) atoms. The summed E-state index contributed by atoms with van der Waals surface area (Å²) in [5.74, 6) is 0.201. The highest BCUT2D eigenvalue weighted by Crippen LogP contribution is 2.42. The van der Waals surface area contributed by atoms with Gasteiger partial charge in [0.25, 0.3) is 5.56 Å². The molecule has 5 rings (SSSR count). The maximum Gasteiger partial charge on any atom is 0.259 e. The Labute approximate surface area is 236 Å². The number of pyridine rings is 2. The monoisotopic (exact) mass is 563 g/mol. The highest BCUT2D eigenvalue weighted by atomic mass is 32.2. The van der Waals surface area contributed by atoms with Crippen molar-refractivity contribution < 1.29 is 18.3 Å². The number of nitrogens with zero attached hydrogens (tertiary/aromatic N) is 3. The average molecular weight is 564 g/mol. The summed E-state index contributed by atoms with van der Waals surface area (Å²) in [6.07, 6.45) is 3.50. The van der Waals surface area contributed by atoms with Crippen LogP contribution < -0.4 is 15.0 Å². The van der Waals surface area contributed by atoms with Crippen molar-refractivity contribution in [1.29, 1.82) is 0 Å². The summed E-state index contributed by atoms with van der Waals surface area (Å²) >= 11 is 1.54. The normalized spacial score (nSPS) is 16.2. The van der Waals surface area contributed by atoms with Crippen LogP contribution in [0.4, 0.5) is 8.78 Å². The molecule has 6 nitrogen and oxygen atoms in total. The molecule has 208 valence electrons. The van der Waals surface area contributed by atoms with E-state index in [1.807, 2.05) is 38.2 Å². The third-order valence-electron chi connectivity index (χ3n) is 7.32. The fraction of sp³-hybridized carbons (Fsp3) is 0.290. The van der Waals surface area contributed by atoms with Crippen LogP contribution in [0.3, 0.4) is 0 Å². The first-order chi connectivity index (χ1) is 19.3. The van der Waals surface area contributed by atoms with Gasteiger partial charge < -0.3 is 14.4 Å². The fourth-order valence-electron chi connectivity index (χ4n) is 5.21. The maximum atomic E-state index is 14.7. The molecule has 3 aromatic rings. The zero-order valence-electron chi connectivity index (χ0n) is 22.6. The summed E-state index contributed by atoms with van der Waals surface area (Å²) in [4.78, 5) is 20.8. The molecule has 0 radical (unpaired) electrons. The quantitative estimate of drug-likeness (QED) is 0.274. The zero-order valence-corrected chi connectivity index (χ0v) is 23.4. The minimum atomic E-state index is -0.861. The van der Waals surface area contributed by atoms with Crippen molar-refractivity contribution in [2.45, 2.75) is 30.8 Å². The van der Waals surface area contributed by atoms with Gasteiger partial charge in [-0.15, -0.1) is 11.8 Å². The van der Waals surface area contributed by atoms with Crippen molar-refractivity contribution in [3.63, 3.8) is 0 Å².